The summed E-state index contributed by atoms with van der Waals surface area (Å²) in [5, 5.41) is 0. The van der Waals surface area contributed by atoms with Crippen LogP contribution in [0.5, 0.6) is 0 Å². The molecule has 0 nitrogen and oxygen atoms in total. The van der Waals surface area contributed by atoms with Crippen LogP contribution < -0.4 is 0 Å². The Bertz CT molecular complexity index is 508. The van der Waals surface area contributed by atoms with Gasteiger partial charge in [0.2, 0.25) is 0 Å². The molecule has 0 aliphatic heterocycles. The zero-order chi connectivity index (χ0) is 18.6. The monoisotopic (exact) mass is 510 g/mol. The Balaban J connectivity index is 0.000000172. The van der Waals surface area contributed by atoms with E-state index in [9.17, 15) is 0 Å². The zero-order valence-electron chi connectivity index (χ0n) is 18.2. The molecule has 6 aliphatic rings. The van der Waals surface area contributed by atoms with E-state index in [1.54, 1.807) is 0 Å². The molecule has 0 heterocycles. The summed E-state index contributed by atoms with van der Waals surface area (Å²) in [5.41, 5.74) is 0. The Hall–Kier alpha value is 0.423. The van der Waals surface area contributed by atoms with Gasteiger partial charge in [-0.05, 0) is 98.7 Å². The molecule has 4 fully saturated rings. The minimum atomic E-state index is -0.826. The number of halogens is 2. The third-order valence-electron chi connectivity index (χ3n) is 7.63. The fourth-order valence-corrected chi connectivity index (χ4v) is 5.91. The van der Waals surface area contributed by atoms with Crippen LogP contribution in [0, 0.1) is 62.2 Å². The molecule has 0 amide bonds. The predicted octanol–water partition coefficient (Wildman–Crippen LogP) is 8.61. The van der Waals surface area contributed by atoms with Crippen LogP contribution >= 0.6 is 17.0 Å². The molecule has 4 atom stereocenters. The first-order chi connectivity index (χ1) is 13.3. The van der Waals surface area contributed by atoms with Gasteiger partial charge in [0, 0.05) is 0 Å². The van der Waals surface area contributed by atoms with Crippen LogP contribution in [-0.2, 0) is 20.8 Å². The van der Waals surface area contributed by atoms with Crippen molar-refractivity contribution in [2.75, 3.05) is 0 Å². The molecule has 0 aromatic rings. The fraction of sp³-hybridized carbons (Fsp3) is 0.615. The molecule has 4 saturated carbocycles. The van der Waals surface area contributed by atoms with Crippen molar-refractivity contribution in [3.05, 3.63) is 63.5 Å². The third-order valence-corrected chi connectivity index (χ3v) is 7.63. The molecule has 4 unspecified atom stereocenters. The average Bonchev–Trinajstić information content (AvgIpc) is 3.62. The third kappa shape index (κ3) is 7.22. The van der Waals surface area contributed by atoms with E-state index in [1.165, 1.54) is 51.4 Å². The summed E-state index contributed by atoms with van der Waals surface area (Å²) >= 11 is -0.826. The van der Waals surface area contributed by atoms with Gasteiger partial charge in [0.1, 0.15) is 0 Å². The van der Waals surface area contributed by atoms with Crippen molar-refractivity contribution in [1.29, 1.82) is 0 Å². The van der Waals surface area contributed by atoms with Crippen molar-refractivity contribution in [3.8, 4) is 0 Å². The molecule has 0 aromatic heterocycles. The summed E-state index contributed by atoms with van der Waals surface area (Å²) in [6.07, 6.45) is 30.7. The van der Waals surface area contributed by atoms with E-state index in [1.807, 2.05) is 0 Å². The van der Waals surface area contributed by atoms with E-state index < -0.39 is 20.8 Å². The van der Waals surface area contributed by atoms with Gasteiger partial charge in [-0.1, -0.05) is 48.6 Å². The maximum absolute atomic E-state index is 4.93. The molecule has 6 aliphatic carbocycles. The average molecular weight is 513 g/mol. The molecule has 0 radical (unpaired) electrons. The van der Waals surface area contributed by atoms with Crippen LogP contribution in [0.4, 0.5) is 0 Å². The second-order valence-corrected chi connectivity index (χ2v) is 13.1. The van der Waals surface area contributed by atoms with Crippen molar-refractivity contribution in [1.82, 2.24) is 0 Å². The standard InChI is InChI=1S/2C12H16.2CH3.2ClH.Zr/c2*1-2-4-11-8-12(9-5-6-9)7-10(11)3-1;;;;;/h2*1-4,9-12H,5-8H2;2*1H3;2*1H;/q;;2*-1;;;+4/p-2. The number of rotatable bonds is 2. The summed E-state index contributed by atoms with van der Waals surface area (Å²) in [4.78, 5) is 0. The first-order valence-corrected chi connectivity index (χ1v) is 17.3. The first-order valence-electron chi connectivity index (χ1n) is 10.9. The van der Waals surface area contributed by atoms with Crippen molar-refractivity contribution in [2.45, 2.75) is 51.4 Å². The predicted molar refractivity (Wildman–Crippen MR) is 126 cm³/mol. The Kier molecular flexibility index (Phi) is 11.0. The Morgan fingerprint density at radius 2 is 0.724 bits per heavy atom. The second kappa shape index (κ2) is 12.5. The maximum atomic E-state index is 4.93. The molecule has 3 heteroatoms. The van der Waals surface area contributed by atoms with Crippen LogP contribution in [0.15, 0.2) is 48.6 Å². The molecular weight excluding hydrogens is 474 g/mol. The number of fused-ring (bicyclic) bond motifs is 2. The number of hydrogen-bond donors (Lipinski definition) is 0. The van der Waals surface area contributed by atoms with Gasteiger partial charge in [-0.2, -0.15) is 0 Å². The number of allylic oxidation sites excluding steroid dienone is 8. The molecule has 160 valence electrons. The molecule has 0 spiro atoms. The van der Waals surface area contributed by atoms with Gasteiger partial charge in [-0.25, -0.2) is 0 Å². The van der Waals surface area contributed by atoms with Gasteiger partial charge in [0.05, 0.1) is 0 Å². The molecule has 0 N–H and O–H groups in total. The summed E-state index contributed by atoms with van der Waals surface area (Å²) < 4.78 is 0. The van der Waals surface area contributed by atoms with E-state index in [0.717, 1.165) is 47.3 Å². The van der Waals surface area contributed by atoms with Crippen molar-refractivity contribution in [3.63, 3.8) is 0 Å². The van der Waals surface area contributed by atoms with Gasteiger partial charge in [0.25, 0.3) is 0 Å². The quantitative estimate of drug-likeness (QED) is 0.325. The SMILES string of the molecule is C1=CC2CC(C3CC3)CC2C=C1.C1=CC2CC(C3CC3)CC2C=C1.[CH3-].[CH3-].[Cl][Zr+2][Cl]. The normalized spacial score (nSPS) is 37.4. The topological polar surface area (TPSA) is 0 Å². The van der Waals surface area contributed by atoms with Crippen LogP contribution in [0.2, 0.25) is 0 Å². The van der Waals surface area contributed by atoms with Gasteiger partial charge in [-0.15, -0.1) is 0 Å². The molecular formula is C26H38Cl2Zr. The van der Waals surface area contributed by atoms with E-state index >= 15 is 0 Å². The Labute approximate surface area is 198 Å². The van der Waals surface area contributed by atoms with Crippen LogP contribution in [0.3, 0.4) is 0 Å². The summed E-state index contributed by atoms with van der Waals surface area (Å²) in [6, 6.07) is 0. The van der Waals surface area contributed by atoms with Crippen LogP contribution in [0.25, 0.3) is 0 Å². The molecule has 0 bridgehead atoms. The molecule has 6 rings (SSSR count). The van der Waals surface area contributed by atoms with Crippen molar-refractivity contribution in [2.24, 2.45) is 47.3 Å². The minimum absolute atomic E-state index is 0. The second-order valence-electron chi connectivity index (χ2n) is 9.40. The fourth-order valence-electron chi connectivity index (χ4n) is 5.91. The molecule has 0 saturated heterocycles. The van der Waals surface area contributed by atoms with E-state index in [0.29, 0.717) is 0 Å². The van der Waals surface area contributed by atoms with E-state index in [4.69, 9.17) is 17.0 Å². The Morgan fingerprint density at radius 1 is 0.483 bits per heavy atom. The molecule has 0 aromatic carbocycles. The summed E-state index contributed by atoms with van der Waals surface area (Å²) in [5.74, 6) is 8.01. The van der Waals surface area contributed by atoms with Crippen LogP contribution in [-0.4, -0.2) is 0 Å². The zero-order valence-corrected chi connectivity index (χ0v) is 22.1. The van der Waals surface area contributed by atoms with Gasteiger partial charge in [-0.3, -0.25) is 0 Å². The van der Waals surface area contributed by atoms with Gasteiger partial charge < -0.3 is 14.9 Å². The van der Waals surface area contributed by atoms with Gasteiger partial charge >= 0.3 is 37.9 Å². The Morgan fingerprint density at radius 3 is 0.931 bits per heavy atom. The van der Waals surface area contributed by atoms with E-state index in [-0.39, 0.29) is 14.9 Å². The summed E-state index contributed by atoms with van der Waals surface area (Å²) in [6.45, 7) is 0. The molecule has 29 heavy (non-hydrogen) atoms. The van der Waals surface area contributed by atoms with Crippen molar-refractivity contribution < 1.29 is 20.8 Å². The summed E-state index contributed by atoms with van der Waals surface area (Å²) in [7, 11) is 9.87. The first kappa shape index (κ1) is 25.7. The number of hydrogen-bond acceptors (Lipinski definition) is 0. The van der Waals surface area contributed by atoms with Crippen LogP contribution in [0.1, 0.15) is 51.4 Å². The van der Waals surface area contributed by atoms with E-state index in [2.05, 4.69) is 48.6 Å². The van der Waals surface area contributed by atoms with Gasteiger partial charge in [0.15, 0.2) is 0 Å². The van der Waals surface area contributed by atoms with Crippen molar-refractivity contribution >= 4 is 17.0 Å².